The number of nitrogens with one attached hydrogen (secondary N) is 2. The molecule has 0 aliphatic carbocycles. The molecule has 0 heterocycles. The van der Waals surface area contributed by atoms with Crippen LogP contribution in [0.25, 0.3) is 0 Å². The van der Waals surface area contributed by atoms with E-state index in [0.717, 1.165) is 5.84 Å². The van der Waals surface area contributed by atoms with Crippen molar-refractivity contribution in [2.75, 3.05) is 7.05 Å². The van der Waals surface area contributed by atoms with Crippen LogP contribution < -0.4 is 5.32 Å². The van der Waals surface area contributed by atoms with Gasteiger partial charge in [-0.3, -0.25) is 5.41 Å². The van der Waals surface area contributed by atoms with Gasteiger partial charge in [-0.2, -0.15) is 0 Å². The van der Waals surface area contributed by atoms with E-state index in [1.165, 1.54) is 0 Å². The van der Waals surface area contributed by atoms with Gasteiger partial charge in [-0.15, -0.1) is 0 Å². The molecule has 0 atom stereocenters. The normalized spacial score (nSPS) is 13.0. The van der Waals surface area contributed by atoms with Crippen molar-refractivity contribution in [3.05, 3.63) is 0 Å². The zero-order valence-electron chi connectivity index (χ0n) is 7.95. The van der Waals surface area contributed by atoms with Crippen molar-refractivity contribution < 1.29 is 0 Å². The van der Waals surface area contributed by atoms with E-state index in [9.17, 15) is 0 Å². The SMILES string of the molecule is CN/C(C)=N\C(=N)C(C)(C)C. The van der Waals surface area contributed by atoms with Crippen LogP contribution in [0.4, 0.5) is 0 Å². The first-order valence-corrected chi connectivity index (χ1v) is 3.70. The summed E-state index contributed by atoms with van der Waals surface area (Å²) in [6.45, 7) is 7.77. The third-order valence-corrected chi connectivity index (χ3v) is 1.35. The smallest absolute Gasteiger partial charge is 0.127 e. The van der Waals surface area contributed by atoms with Gasteiger partial charge in [0.15, 0.2) is 0 Å². The average molecular weight is 155 g/mol. The molecule has 3 heteroatoms. The molecule has 11 heavy (non-hydrogen) atoms. The Balaban J connectivity index is 4.30. The largest absolute Gasteiger partial charge is 0.377 e. The van der Waals surface area contributed by atoms with Crippen molar-refractivity contribution in [3.8, 4) is 0 Å². The van der Waals surface area contributed by atoms with E-state index in [2.05, 4.69) is 10.3 Å². The molecule has 64 valence electrons. The van der Waals surface area contributed by atoms with Crippen molar-refractivity contribution in [3.63, 3.8) is 0 Å². The van der Waals surface area contributed by atoms with Crippen molar-refractivity contribution in [1.29, 1.82) is 5.41 Å². The lowest BCUT2D eigenvalue weighted by molar-refractivity contribution is 0.581. The fraction of sp³-hybridized carbons (Fsp3) is 0.750. The summed E-state index contributed by atoms with van der Waals surface area (Å²) in [6.07, 6.45) is 0. The monoisotopic (exact) mass is 155 g/mol. The second-order valence-corrected chi connectivity index (χ2v) is 3.55. The van der Waals surface area contributed by atoms with Crippen LogP contribution in [0, 0.1) is 10.8 Å². The van der Waals surface area contributed by atoms with Gasteiger partial charge >= 0.3 is 0 Å². The molecule has 0 aromatic carbocycles. The van der Waals surface area contributed by atoms with Gasteiger partial charge < -0.3 is 5.32 Å². The van der Waals surface area contributed by atoms with Gasteiger partial charge in [-0.25, -0.2) is 4.99 Å². The first-order chi connectivity index (χ1) is 4.88. The highest BCUT2D eigenvalue weighted by atomic mass is 15.0. The molecule has 0 aromatic rings. The minimum Gasteiger partial charge on any atom is -0.377 e. The molecule has 0 saturated heterocycles. The zero-order valence-corrected chi connectivity index (χ0v) is 7.95. The Morgan fingerprint density at radius 1 is 1.36 bits per heavy atom. The summed E-state index contributed by atoms with van der Waals surface area (Å²) in [6, 6.07) is 0. The molecule has 0 amide bonds. The van der Waals surface area contributed by atoms with Crippen LogP contribution in [0.1, 0.15) is 27.7 Å². The van der Waals surface area contributed by atoms with Crippen LogP contribution in [-0.4, -0.2) is 18.7 Å². The molecule has 0 spiro atoms. The minimum atomic E-state index is -0.155. The molecule has 2 N–H and O–H groups in total. The molecule has 0 aliphatic heterocycles. The molecular weight excluding hydrogens is 138 g/mol. The molecule has 0 fully saturated rings. The zero-order chi connectivity index (χ0) is 9.07. The lowest BCUT2D eigenvalue weighted by Crippen LogP contribution is -2.22. The Bertz CT molecular complexity index is 174. The summed E-state index contributed by atoms with van der Waals surface area (Å²) in [7, 11) is 1.80. The highest BCUT2D eigenvalue weighted by Gasteiger charge is 2.16. The quantitative estimate of drug-likeness (QED) is 0.405. The maximum atomic E-state index is 7.55. The van der Waals surface area contributed by atoms with Crippen LogP contribution in [0.3, 0.4) is 0 Å². The first-order valence-electron chi connectivity index (χ1n) is 3.70. The highest BCUT2D eigenvalue weighted by Crippen LogP contribution is 2.15. The van der Waals surface area contributed by atoms with E-state index in [-0.39, 0.29) is 5.41 Å². The van der Waals surface area contributed by atoms with Gasteiger partial charge in [-0.1, -0.05) is 20.8 Å². The van der Waals surface area contributed by atoms with E-state index in [4.69, 9.17) is 5.41 Å². The fourth-order valence-corrected chi connectivity index (χ4v) is 0.391. The summed E-state index contributed by atoms with van der Waals surface area (Å²) in [4.78, 5) is 4.06. The van der Waals surface area contributed by atoms with Crippen molar-refractivity contribution in [2.24, 2.45) is 10.4 Å². The molecule has 0 saturated carbocycles. The summed E-state index contributed by atoms with van der Waals surface area (Å²) in [5, 5.41) is 10.4. The van der Waals surface area contributed by atoms with Gasteiger partial charge in [0, 0.05) is 12.5 Å². The maximum Gasteiger partial charge on any atom is 0.127 e. The lowest BCUT2D eigenvalue weighted by atomic mass is 9.95. The predicted octanol–water partition coefficient (Wildman–Crippen LogP) is 1.65. The van der Waals surface area contributed by atoms with Gasteiger partial charge in [0.1, 0.15) is 11.7 Å². The van der Waals surface area contributed by atoms with Crippen molar-refractivity contribution in [1.82, 2.24) is 5.32 Å². The van der Waals surface area contributed by atoms with E-state index in [1.54, 1.807) is 7.05 Å². The standard InChI is InChI=1S/C8H17N3/c1-6(10-5)11-7(9)8(2,3)4/h1-5H3,(H2,9,10,11). The van der Waals surface area contributed by atoms with Crippen molar-refractivity contribution >= 4 is 11.7 Å². The van der Waals surface area contributed by atoms with Crippen LogP contribution in [0.15, 0.2) is 4.99 Å². The van der Waals surface area contributed by atoms with E-state index in [0.29, 0.717) is 5.84 Å². The number of hydrogen-bond donors (Lipinski definition) is 2. The van der Waals surface area contributed by atoms with Crippen LogP contribution in [-0.2, 0) is 0 Å². The summed E-state index contributed by atoms with van der Waals surface area (Å²) >= 11 is 0. The van der Waals surface area contributed by atoms with Gasteiger partial charge in [-0.05, 0) is 6.92 Å². The van der Waals surface area contributed by atoms with Crippen LogP contribution in [0.5, 0.6) is 0 Å². The Morgan fingerprint density at radius 2 is 1.82 bits per heavy atom. The fourth-order valence-electron chi connectivity index (χ4n) is 0.391. The molecule has 0 radical (unpaired) electrons. The van der Waals surface area contributed by atoms with E-state index < -0.39 is 0 Å². The topological polar surface area (TPSA) is 48.2 Å². The second-order valence-electron chi connectivity index (χ2n) is 3.55. The lowest BCUT2D eigenvalue weighted by Gasteiger charge is -2.16. The van der Waals surface area contributed by atoms with Gasteiger partial charge in [0.2, 0.25) is 0 Å². The minimum absolute atomic E-state index is 0.155. The Kier molecular flexibility index (Phi) is 3.23. The number of aliphatic imine (C=N–C) groups is 1. The number of nitrogens with zero attached hydrogens (tertiary/aromatic N) is 1. The average Bonchev–Trinajstić information content (AvgIpc) is 1.85. The van der Waals surface area contributed by atoms with Gasteiger partial charge in [0.05, 0.1) is 0 Å². The first kappa shape index (κ1) is 10.1. The third-order valence-electron chi connectivity index (χ3n) is 1.35. The molecular formula is C8H17N3. The van der Waals surface area contributed by atoms with Crippen LogP contribution in [0.2, 0.25) is 0 Å². The maximum absolute atomic E-state index is 7.55. The molecule has 0 aliphatic rings. The third kappa shape index (κ3) is 3.75. The van der Waals surface area contributed by atoms with Gasteiger partial charge in [0.25, 0.3) is 0 Å². The molecule has 3 nitrogen and oxygen atoms in total. The molecule has 0 bridgehead atoms. The van der Waals surface area contributed by atoms with E-state index in [1.807, 2.05) is 27.7 Å². The van der Waals surface area contributed by atoms with Crippen molar-refractivity contribution in [2.45, 2.75) is 27.7 Å². The summed E-state index contributed by atoms with van der Waals surface area (Å²) in [5.74, 6) is 1.19. The van der Waals surface area contributed by atoms with Crippen LogP contribution >= 0.6 is 0 Å². The molecule has 0 aromatic heterocycles. The second kappa shape index (κ2) is 3.51. The Labute approximate surface area is 68.4 Å². The predicted molar refractivity (Wildman–Crippen MR) is 49.4 cm³/mol. The highest BCUT2D eigenvalue weighted by molar-refractivity contribution is 5.96. The summed E-state index contributed by atoms with van der Waals surface area (Å²) < 4.78 is 0. The Hall–Kier alpha value is -0.860. The number of hydrogen-bond acceptors (Lipinski definition) is 1. The van der Waals surface area contributed by atoms with E-state index >= 15 is 0 Å². The number of amidine groups is 2. The number of rotatable bonds is 0. The molecule has 0 unspecified atom stereocenters. The molecule has 0 rings (SSSR count). The Morgan fingerprint density at radius 3 is 2.09 bits per heavy atom. The summed E-state index contributed by atoms with van der Waals surface area (Å²) in [5.41, 5.74) is -0.155.